The van der Waals surface area contributed by atoms with Crippen LogP contribution in [0.1, 0.15) is 12.0 Å². The van der Waals surface area contributed by atoms with E-state index in [-0.39, 0.29) is 0 Å². The van der Waals surface area contributed by atoms with Crippen LogP contribution in [-0.2, 0) is 6.18 Å². The van der Waals surface area contributed by atoms with E-state index in [1.807, 2.05) is 6.08 Å². The van der Waals surface area contributed by atoms with Crippen molar-refractivity contribution in [1.29, 1.82) is 0 Å². The Morgan fingerprint density at radius 1 is 1.21 bits per heavy atom. The third kappa shape index (κ3) is 1.64. The second-order valence-electron chi connectivity index (χ2n) is 3.15. The number of nitrogens with zero attached hydrogens (tertiary/aromatic N) is 1. The molecule has 0 atom stereocenters. The quantitative estimate of drug-likeness (QED) is 0.600. The molecule has 1 heterocycles. The van der Waals surface area contributed by atoms with Gasteiger partial charge in [-0.15, -0.1) is 0 Å². The molecule has 0 saturated heterocycles. The fraction of sp³-hybridized carbons (Fsp3) is 0.300. The van der Waals surface area contributed by atoms with Crippen molar-refractivity contribution in [3.63, 3.8) is 0 Å². The van der Waals surface area contributed by atoms with Gasteiger partial charge in [0.25, 0.3) is 0 Å². The van der Waals surface area contributed by atoms with Gasteiger partial charge in [0.15, 0.2) is 0 Å². The third-order valence-corrected chi connectivity index (χ3v) is 2.13. The largest absolute Gasteiger partial charge is 0.416 e. The van der Waals surface area contributed by atoms with Crippen molar-refractivity contribution in [2.75, 3.05) is 6.54 Å². The van der Waals surface area contributed by atoms with Crippen LogP contribution in [0.4, 0.5) is 13.2 Å². The Balaban J connectivity index is 2.62. The number of alkyl halides is 3. The molecule has 1 aliphatic heterocycles. The van der Waals surface area contributed by atoms with Crippen molar-refractivity contribution >= 4 is 6.08 Å². The molecule has 2 rings (SSSR count). The molecule has 1 aromatic rings. The molecule has 1 nitrogen and oxygen atoms in total. The second-order valence-corrected chi connectivity index (χ2v) is 3.15. The Morgan fingerprint density at radius 3 is 2.71 bits per heavy atom. The maximum Gasteiger partial charge on any atom is 0.416 e. The Bertz CT molecular complexity index is 459. The van der Waals surface area contributed by atoms with Crippen LogP contribution in [-0.4, -0.2) is 6.54 Å². The van der Waals surface area contributed by atoms with Crippen molar-refractivity contribution in [3.8, 4) is 0 Å². The smallest absolute Gasteiger partial charge is 0.284 e. The van der Waals surface area contributed by atoms with Crippen LogP contribution < -0.4 is 10.6 Å². The van der Waals surface area contributed by atoms with Crippen LogP contribution in [0.2, 0.25) is 0 Å². The van der Waals surface area contributed by atoms with Gasteiger partial charge < -0.3 is 0 Å². The number of hydrogen-bond acceptors (Lipinski definition) is 1. The standard InChI is InChI=1S/C10H8F3N/c11-10(12,13)8-4-3-7-2-1-5-14-9(7)6-8/h2-4,6H,1,5H2. The number of halogens is 3. The topological polar surface area (TPSA) is 12.4 Å². The predicted octanol–water partition coefficient (Wildman–Crippen LogP) is 1.51. The lowest BCUT2D eigenvalue weighted by Gasteiger charge is -2.07. The highest BCUT2D eigenvalue weighted by Crippen LogP contribution is 2.27. The summed E-state index contributed by atoms with van der Waals surface area (Å²) in [5.41, 5.74) is -0.629. The van der Waals surface area contributed by atoms with Crippen molar-refractivity contribution < 1.29 is 13.2 Å². The van der Waals surface area contributed by atoms with Gasteiger partial charge in [-0.25, -0.2) is 0 Å². The van der Waals surface area contributed by atoms with E-state index < -0.39 is 11.7 Å². The molecule has 0 aliphatic carbocycles. The molecule has 0 fully saturated rings. The minimum atomic E-state index is -4.28. The molecule has 0 radical (unpaired) electrons. The zero-order valence-corrected chi connectivity index (χ0v) is 7.30. The highest BCUT2D eigenvalue weighted by Gasteiger charge is 2.30. The molecule has 0 aromatic heterocycles. The molecule has 14 heavy (non-hydrogen) atoms. The van der Waals surface area contributed by atoms with Gasteiger partial charge in [0, 0.05) is 6.54 Å². The minimum Gasteiger partial charge on any atom is -0.284 e. The van der Waals surface area contributed by atoms with Crippen LogP contribution >= 0.6 is 0 Å². The summed E-state index contributed by atoms with van der Waals surface area (Å²) < 4.78 is 36.9. The molecule has 74 valence electrons. The van der Waals surface area contributed by atoms with E-state index in [0.29, 0.717) is 11.9 Å². The van der Waals surface area contributed by atoms with Crippen molar-refractivity contribution in [2.24, 2.45) is 4.99 Å². The van der Waals surface area contributed by atoms with Gasteiger partial charge in [-0.2, -0.15) is 13.2 Å². The van der Waals surface area contributed by atoms with Crippen LogP contribution in [0.25, 0.3) is 6.08 Å². The van der Waals surface area contributed by atoms with Crippen molar-refractivity contribution in [3.05, 3.63) is 34.3 Å². The summed E-state index contributed by atoms with van der Waals surface area (Å²) in [7, 11) is 0. The zero-order chi connectivity index (χ0) is 10.2. The average molecular weight is 199 g/mol. The fourth-order valence-corrected chi connectivity index (χ4v) is 1.43. The molecule has 0 N–H and O–H groups in total. The van der Waals surface area contributed by atoms with E-state index in [9.17, 15) is 13.2 Å². The number of hydrogen-bond donors (Lipinski definition) is 0. The molecule has 0 bridgehead atoms. The summed E-state index contributed by atoms with van der Waals surface area (Å²) in [6.07, 6.45) is -1.57. The minimum absolute atomic E-state index is 0.450. The van der Waals surface area contributed by atoms with E-state index >= 15 is 0 Å². The lowest BCUT2D eigenvalue weighted by atomic mass is 10.1. The summed E-state index contributed by atoms with van der Waals surface area (Å²) in [6, 6.07) is 3.67. The number of rotatable bonds is 0. The van der Waals surface area contributed by atoms with Crippen LogP contribution in [0, 0.1) is 0 Å². The molecule has 4 heteroatoms. The Hall–Kier alpha value is -1.32. The summed E-state index contributed by atoms with van der Waals surface area (Å²) in [5.74, 6) is 0. The summed E-state index contributed by atoms with van der Waals surface area (Å²) in [5, 5.41) is 1.25. The normalized spacial score (nSPS) is 15.4. The van der Waals surface area contributed by atoms with Crippen LogP contribution in [0.5, 0.6) is 0 Å². The summed E-state index contributed by atoms with van der Waals surface area (Å²) >= 11 is 0. The first-order chi connectivity index (χ1) is 6.57. The van der Waals surface area contributed by atoms with Crippen molar-refractivity contribution in [2.45, 2.75) is 12.6 Å². The second kappa shape index (κ2) is 3.12. The Labute approximate surface area is 78.6 Å². The monoisotopic (exact) mass is 199 g/mol. The molecule has 0 spiro atoms. The molecular weight excluding hydrogens is 191 g/mol. The SMILES string of the molecule is FC(F)(F)c1ccc2c(c1)=NCCC=2. The summed E-state index contributed by atoms with van der Waals surface area (Å²) in [4.78, 5) is 4.04. The molecular formula is C10H8F3N. The van der Waals surface area contributed by atoms with Crippen LogP contribution in [0.15, 0.2) is 23.2 Å². The molecule has 1 aliphatic rings. The zero-order valence-electron chi connectivity index (χ0n) is 7.30. The third-order valence-electron chi connectivity index (χ3n) is 2.13. The highest BCUT2D eigenvalue weighted by atomic mass is 19.4. The first-order valence-corrected chi connectivity index (χ1v) is 4.29. The lowest BCUT2D eigenvalue weighted by molar-refractivity contribution is -0.137. The maximum atomic E-state index is 12.3. The van der Waals surface area contributed by atoms with E-state index in [1.165, 1.54) is 6.07 Å². The fourth-order valence-electron chi connectivity index (χ4n) is 1.43. The van der Waals surface area contributed by atoms with Gasteiger partial charge in [-0.3, -0.25) is 4.99 Å². The van der Waals surface area contributed by atoms with Gasteiger partial charge in [0.2, 0.25) is 0 Å². The first-order valence-electron chi connectivity index (χ1n) is 4.29. The summed E-state index contributed by atoms with van der Waals surface area (Å²) in [6.45, 7) is 0.578. The molecule has 0 amide bonds. The Kier molecular flexibility index (Phi) is 2.06. The van der Waals surface area contributed by atoms with E-state index in [0.717, 1.165) is 23.8 Å². The van der Waals surface area contributed by atoms with Gasteiger partial charge in [-0.1, -0.05) is 12.1 Å². The van der Waals surface area contributed by atoms with Crippen LogP contribution in [0.3, 0.4) is 0 Å². The first kappa shape index (κ1) is 9.24. The number of benzene rings is 1. The maximum absolute atomic E-state index is 12.3. The lowest BCUT2D eigenvalue weighted by Crippen LogP contribution is -2.29. The van der Waals surface area contributed by atoms with E-state index in [2.05, 4.69) is 4.99 Å². The van der Waals surface area contributed by atoms with Gasteiger partial charge in [-0.05, 0) is 23.8 Å². The van der Waals surface area contributed by atoms with E-state index in [4.69, 9.17) is 0 Å². The predicted molar refractivity (Wildman–Crippen MR) is 46.2 cm³/mol. The highest BCUT2D eigenvalue weighted by molar-refractivity contribution is 5.29. The average Bonchev–Trinajstić information content (AvgIpc) is 2.16. The van der Waals surface area contributed by atoms with Gasteiger partial charge in [0.1, 0.15) is 0 Å². The molecule has 0 saturated carbocycles. The van der Waals surface area contributed by atoms with E-state index in [1.54, 1.807) is 0 Å². The Morgan fingerprint density at radius 2 is 2.00 bits per heavy atom. The van der Waals surface area contributed by atoms with Gasteiger partial charge >= 0.3 is 6.18 Å². The molecule has 0 unspecified atom stereocenters. The molecule has 1 aromatic carbocycles. The number of fused-ring (bicyclic) bond motifs is 1. The van der Waals surface area contributed by atoms with Crippen molar-refractivity contribution in [1.82, 2.24) is 0 Å². The van der Waals surface area contributed by atoms with Gasteiger partial charge in [0.05, 0.1) is 10.9 Å².